The number of anilines is 2. The maximum Gasteiger partial charge on any atom is 0.258 e. The number of aromatic nitrogens is 1. The van der Waals surface area contributed by atoms with Gasteiger partial charge in [-0.2, -0.15) is 0 Å². The molecule has 0 saturated heterocycles. The number of pyridine rings is 1. The zero-order valence-electron chi connectivity index (χ0n) is 15.3. The van der Waals surface area contributed by atoms with Gasteiger partial charge in [-0.15, -0.1) is 0 Å². The van der Waals surface area contributed by atoms with Gasteiger partial charge in [-0.3, -0.25) is 9.59 Å². The first-order valence-electron chi connectivity index (χ1n) is 8.49. The first kappa shape index (κ1) is 21.3. The van der Waals surface area contributed by atoms with Gasteiger partial charge in [0, 0.05) is 21.8 Å². The Bertz CT molecular complexity index is 1120. The maximum atomic E-state index is 12.7. The number of benzene rings is 2. The van der Waals surface area contributed by atoms with E-state index in [9.17, 15) is 9.59 Å². The zero-order chi connectivity index (χ0) is 21.7. The Balaban J connectivity index is 1.81. The zero-order valence-corrected chi connectivity index (χ0v) is 17.6. The number of nitrogens with one attached hydrogen (secondary N) is 2. The lowest BCUT2D eigenvalue weighted by Crippen LogP contribution is -2.19. The lowest BCUT2D eigenvalue weighted by molar-refractivity contribution is 0.102. The maximum absolute atomic E-state index is 12.7. The smallest absolute Gasteiger partial charge is 0.258 e. The second-order valence-corrected chi connectivity index (χ2v) is 7.37. The fourth-order valence-electron chi connectivity index (χ4n) is 2.49. The van der Waals surface area contributed by atoms with E-state index in [4.69, 9.17) is 22.5 Å². The Morgan fingerprint density at radius 2 is 1.70 bits per heavy atom. The van der Waals surface area contributed by atoms with Crippen molar-refractivity contribution in [2.75, 3.05) is 10.6 Å². The molecular weight excluding hydrogens is 474 g/mol. The Kier molecular flexibility index (Phi) is 6.65. The summed E-state index contributed by atoms with van der Waals surface area (Å²) in [6.07, 6.45) is 1.42. The molecule has 0 atom stereocenters. The van der Waals surface area contributed by atoms with Gasteiger partial charge >= 0.3 is 0 Å². The Hall–Kier alpha value is -3.43. The van der Waals surface area contributed by atoms with Crippen molar-refractivity contribution in [3.8, 4) is 0 Å². The molecule has 1 heterocycles. The van der Waals surface area contributed by atoms with Crippen LogP contribution in [0.25, 0.3) is 0 Å². The minimum Gasteiger partial charge on any atom is -0.409 e. The monoisotopic (exact) mass is 487 g/mol. The third-order valence-corrected chi connectivity index (χ3v) is 4.71. The summed E-state index contributed by atoms with van der Waals surface area (Å²) in [5.41, 5.74) is 6.87. The van der Waals surface area contributed by atoms with E-state index in [0.717, 1.165) is 0 Å². The molecule has 0 spiro atoms. The minimum atomic E-state index is -0.455. The number of hydrogen-bond donors (Lipinski definition) is 4. The van der Waals surface area contributed by atoms with Crippen molar-refractivity contribution in [3.63, 3.8) is 0 Å². The van der Waals surface area contributed by atoms with Crippen molar-refractivity contribution >= 4 is 56.7 Å². The van der Waals surface area contributed by atoms with Gasteiger partial charge in [0.25, 0.3) is 11.8 Å². The highest BCUT2D eigenvalue weighted by Crippen LogP contribution is 2.23. The molecule has 3 aromatic rings. The predicted molar refractivity (Wildman–Crippen MR) is 118 cm³/mol. The van der Waals surface area contributed by atoms with Crippen molar-refractivity contribution in [1.82, 2.24) is 4.98 Å². The number of nitrogens with two attached hydrogens (primary N) is 1. The summed E-state index contributed by atoms with van der Waals surface area (Å²) in [6, 6.07) is 14.2. The van der Waals surface area contributed by atoms with Crippen molar-refractivity contribution < 1.29 is 14.8 Å². The van der Waals surface area contributed by atoms with Crippen LogP contribution in [0.5, 0.6) is 0 Å². The molecular formula is C20H15BrClN5O3. The van der Waals surface area contributed by atoms with Crippen LogP contribution in [0.3, 0.4) is 0 Å². The second-order valence-electron chi connectivity index (χ2n) is 6.02. The van der Waals surface area contributed by atoms with Crippen molar-refractivity contribution in [3.05, 3.63) is 87.0 Å². The number of carbonyl (C=O) groups excluding carboxylic acids is 2. The van der Waals surface area contributed by atoms with Gasteiger partial charge in [-0.1, -0.05) is 44.8 Å². The molecule has 3 rings (SSSR count). The van der Waals surface area contributed by atoms with Crippen LogP contribution in [-0.4, -0.2) is 27.8 Å². The third kappa shape index (κ3) is 5.13. The predicted octanol–water partition coefficient (Wildman–Crippen LogP) is 4.10. The lowest BCUT2D eigenvalue weighted by Gasteiger charge is -2.12. The number of amides is 2. The van der Waals surface area contributed by atoms with E-state index >= 15 is 0 Å². The van der Waals surface area contributed by atoms with Crippen LogP contribution in [0.2, 0.25) is 5.02 Å². The van der Waals surface area contributed by atoms with E-state index in [1.165, 1.54) is 18.3 Å². The number of amidine groups is 1. The molecule has 0 saturated carbocycles. The molecule has 0 aliphatic rings. The van der Waals surface area contributed by atoms with Gasteiger partial charge in [0.15, 0.2) is 5.84 Å². The number of hydrogen-bond acceptors (Lipinski definition) is 5. The largest absolute Gasteiger partial charge is 0.409 e. The summed E-state index contributed by atoms with van der Waals surface area (Å²) < 4.78 is 0.665. The molecule has 152 valence electrons. The van der Waals surface area contributed by atoms with E-state index in [2.05, 4.69) is 36.7 Å². The quantitative estimate of drug-likeness (QED) is 0.186. The Morgan fingerprint density at radius 1 is 1.00 bits per heavy atom. The van der Waals surface area contributed by atoms with Crippen molar-refractivity contribution in [1.29, 1.82) is 0 Å². The van der Waals surface area contributed by atoms with Crippen LogP contribution >= 0.6 is 27.5 Å². The molecule has 0 unspecified atom stereocenters. The van der Waals surface area contributed by atoms with Crippen molar-refractivity contribution in [2.24, 2.45) is 10.9 Å². The van der Waals surface area contributed by atoms with Crippen LogP contribution in [0.1, 0.15) is 26.3 Å². The van der Waals surface area contributed by atoms with E-state index in [1.54, 1.807) is 42.5 Å². The van der Waals surface area contributed by atoms with Crippen LogP contribution in [0.4, 0.5) is 11.5 Å². The molecule has 8 nitrogen and oxygen atoms in total. The Morgan fingerprint density at radius 3 is 2.33 bits per heavy atom. The second kappa shape index (κ2) is 9.38. The van der Waals surface area contributed by atoms with E-state index in [1.807, 2.05) is 0 Å². The van der Waals surface area contributed by atoms with Gasteiger partial charge in [-0.25, -0.2) is 4.98 Å². The number of nitrogens with zero attached hydrogens (tertiary/aromatic N) is 2. The number of carbonyl (C=O) groups is 2. The average molecular weight is 489 g/mol. The first-order valence-corrected chi connectivity index (χ1v) is 9.66. The molecule has 10 heteroatoms. The molecule has 0 aliphatic heterocycles. The summed E-state index contributed by atoms with van der Waals surface area (Å²) in [5.74, 6) is -0.629. The summed E-state index contributed by atoms with van der Waals surface area (Å²) >= 11 is 9.14. The number of halogens is 2. The number of rotatable bonds is 5. The standard InChI is InChI=1S/C20H15BrClN5O3/c21-13-5-7-16(15(9-13)20(29)26-17-8-6-14(22)10-24-17)25-19(28)12-3-1-11(2-4-12)18(23)27-30/h1-10,30H,(H2,23,27)(H,25,28)(H,24,26,29). The SMILES string of the molecule is NC(=NO)c1ccc(C(=O)Nc2ccc(Br)cc2C(=O)Nc2ccc(Cl)cn2)cc1. The molecule has 2 amide bonds. The fourth-order valence-corrected chi connectivity index (χ4v) is 2.96. The lowest BCUT2D eigenvalue weighted by atomic mass is 10.1. The molecule has 0 fully saturated rings. The van der Waals surface area contributed by atoms with Crippen LogP contribution < -0.4 is 16.4 Å². The first-order chi connectivity index (χ1) is 14.4. The summed E-state index contributed by atoms with van der Waals surface area (Å²) in [7, 11) is 0. The summed E-state index contributed by atoms with van der Waals surface area (Å²) in [6.45, 7) is 0. The van der Waals surface area contributed by atoms with Gasteiger partial charge < -0.3 is 21.6 Å². The highest BCUT2D eigenvalue weighted by atomic mass is 79.9. The fraction of sp³-hybridized carbons (Fsp3) is 0. The highest BCUT2D eigenvalue weighted by Gasteiger charge is 2.16. The van der Waals surface area contributed by atoms with Crippen LogP contribution in [-0.2, 0) is 0 Å². The number of oxime groups is 1. The van der Waals surface area contributed by atoms with Gasteiger partial charge in [0.1, 0.15) is 5.82 Å². The molecule has 1 aromatic heterocycles. The van der Waals surface area contributed by atoms with Gasteiger partial charge in [-0.05, 0) is 42.5 Å². The van der Waals surface area contributed by atoms with E-state index in [-0.39, 0.29) is 11.4 Å². The molecule has 30 heavy (non-hydrogen) atoms. The summed E-state index contributed by atoms with van der Waals surface area (Å²) in [5, 5.41) is 17.5. The van der Waals surface area contributed by atoms with Crippen molar-refractivity contribution in [2.45, 2.75) is 0 Å². The van der Waals surface area contributed by atoms with Gasteiger partial charge in [0.2, 0.25) is 0 Å². The Labute approximate surface area is 184 Å². The third-order valence-electron chi connectivity index (χ3n) is 3.99. The van der Waals surface area contributed by atoms with E-state index < -0.39 is 11.8 Å². The molecule has 2 aromatic carbocycles. The average Bonchev–Trinajstić information content (AvgIpc) is 2.76. The molecule has 0 bridgehead atoms. The van der Waals surface area contributed by atoms with E-state index in [0.29, 0.717) is 32.1 Å². The molecule has 0 aliphatic carbocycles. The molecule has 0 radical (unpaired) electrons. The topological polar surface area (TPSA) is 130 Å². The van der Waals surface area contributed by atoms with Gasteiger partial charge in [0.05, 0.1) is 16.3 Å². The summed E-state index contributed by atoms with van der Waals surface area (Å²) in [4.78, 5) is 29.4. The normalized spacial score (nSPS) is 11.1. The molecule has 5 N–H and O–H groups in total. The van der Waals surface area contributed by atoms with Crippen LogP contribution in [0, 0.1) is 0 Å². The minimum absolute atomic E-state index is 0.0652. The van der Waals surface area contributed by atoms with Crippen LogP contribution in [0.15, 0.2) is 70.4 Å². The highest BCUT2D eigenvalue weighted by molar-refractivity contribution is 9.10.